The largest absolute Gasteiger partial charge is 0.340 e. The van der Waals surface area contributed by atoms with Crippen molar-refractivity contribution in [1.82, 2.24) is 9.88 Å². The molecule has 1 heterocycles. The van der Waals surface area contributed by atoms with Crippen LogP contribution in [0.4, 0.5) is 0 Å². The molecule has 0 saturated carbocycles. The van der Waals surface area contributed by atoms with E-state index in [2.05, 4.69) is 11.1 Å². The molecule has 0 saturated heterocycles. The van der Waals surface area contributed by atoms with Crippen molar-refractivity contribution in [3.8, 4) is 6.07 Å². The van der Waals surface area contributed by atoms with Crippen LogP contribution in [0.3, 0.4) is 0 Å². The first-order valence-corrected chi connectivity index (χ1v) is 6.15. The van der Waals surface area contributed by atoms with E-state index in [1.807, 2.05) is 26.0 Å². The molecule has 96 valence electrons. The Morgan fingerprint density at radius 3 is 2.39 bits per heavy atom. The van der Waals surface area contributed by atoms with Crippen molar-refractivity contribution in [2.75, 3.05) is 7.05 Å². The fourth-order valence-electron chi connectivity index (χ4n) is 1.96. The average molecular weight is 245 g/mol. The van der Waals surface area contributed by atoms with Crippen molar-refractivity contribution in [1.29, 1.82) is 5.26 Å². The van der Waals surface area contributed by atoms with E-state index >= 15 is 0 Å². The van der Waals surface area contributed by atoms with Crippen molar-refractivity contribution in [3.63, 3.8) is 0 Å². The maximum absolute atomic E-state index is 12.4. The first-order chi connectivity index (χ1) is 8.59. The number of carbonyl (C=O) groups excluding carboxylic acids is 1. The van der Waals surface area contributed by atoms with Gasteiger partial charge in [-0.1, -0.05) is 13.8 Å². The second-order valence-electron chi connectivity index (χ2n) is 4.42. The normalized spacial score (nSPS) is 10.8. The molecule has 0 aliphatic carbocycles. The van der Waals surface area contributed by atoms with Crippen LogP contribution in [0.25, 0.3) is 0 Å². The average Bonchev–Trinajstić information content (AvgIpc) is 2.42. The van der Waals surface area contributed by atoms with Crippen molar-refractivity contribution >= 4 is 5.91 Å². The van der Waals surface area contributed by atoms with Crippen molar-refractivity contribution in [3.05, 3.63) is 30.1 Å². The van der Waals surface area contributed by atoms with Crippen LogP contribution in [-0.2, 0) is 11.3 Å². The third kappa shape index (κ3) is 2.86. The fourth-order valence-corrected chi connectivity index (χ4v) is 1.96. The molecule has 1 amide bonds. The zero-order chi connectivity index (χ0) is 13.6. The van der Waals surface area contributed by atoms with Gasteiger partial charge in [-0.25, -0.2) is 0 Å². The Balaban J connectivity index is 2.81. The molecule has 0 fully saturated rings. The molecule has 1 aromatic heterocycles. The zero-order valence-electron chi connectivity index (χ0n) is 11.2. The molecule has 0 unspecified atom stereocenters. The summed E-state index contributed by atoms with van der Waals surface area (Å²) in [6, 6.07) is 5.92. The summed E-state index contributed by atoms with van der Waals surface area (Å²) < 4.78 is 0. The Bertz CT molecular complexity index is 432. The molecule has 0 bridgehead atoms. The molecule has 0 N–H and O–H groups in total. The Morgan fingerprint density at radius 2 is 1.94 bits per heavy atom. The second-order valence-corrected chi connectivity index (χ2v) is 4.42. The summed E-state index contributed by atoms with van der Waals surface area (Å²) in [6.07, 6.45) is 4.48. The highest BCUT2D eigenvalue weighted by Gasteiger charge is 2.37. The fraction of sp³-hybridized carbons (Fsp3) is 0.500. The van der Waals surface area contributed by atoms with Crippen LogP contribution in [-0.4, -0.2) is 22.8 Å². The van der Waals surface area contributed by atoms with Crippen molar-refractivity contribution in [2.45, 2.75) is 33.2 Å². The van der Waals surface area contributed by atoms with Crippen LogP contribution < -0.4 is 0 Å². The number of aromatic nitrogens is 1. The van der Waals surface area contributed by atoms with Crippen molar-refractivity contribution in [2.24, 2.45) is 5.41 Å². The van der Waals surface area contributed by atoms with Gasteiger partial charge in [-0.2, -0.15) is 5.26 Å². The van der Waals surface area contributed by atoms with Gasteiger partial charge in [0, 0.05) is 26.0 Å². The number of hydrogen-bond donors (Lipinski definition) is 0. The molecule has 18 heavy (non-hydrogen) atoms. The minimum absolute atomic E-state index is 0.105. The highest BCUT2D eigenvalue weighted by molar-refractivity contribution is 5.85. The molecule has 1 rings (SSSR count). The van der Waals surface area contributed by atoms with E-state index in [1.165, 1.54) is 0 Å². The number of pyridine rings is 1. The first-order valence-electron chi connectivity index (χ1n) is 6.15. The quantitative estimate of drug-likeness (QED) is 0.800. The predicted octanol–water partition coefficient (Wildman–Crippen LogP) is 2.37. The Morgan fingerprint density at radius 1 is 1.39 bits per heavy atom. The van der Waals surface area contributed by atoms with Gasteiger partial charge in [0.05, 0.1) is 6.07 Å². The zero-order valence-corrected chi connectivity index (χ0v) is 11.2. The Kier molecular flexibility index (Phi) is 4.85. The van der Waals surface area contributed by atoms with Gasteiger partial charge >= 0.3 is 0 Å². The maximum Gasteiger partial charge on any atom is 0.243 e. The molecule has 1 aromatic rings. The Labute approximate surface area is 108 Å². The number of rotatable bonds is 5. The van der Waals surface area contributed by atoms with E-state index in [0.717, 1.165) is 5.56 Å². The summed E-state index contributed by atoms with van der Waals surface area (Å²) in [5.41, 5.74) is 0.127. The number of hydrogen-bond acceptors (Lipinski definition) is 3. The van der Waals surface area contributed by atoms with E-state index < -0.39 is 5.41 Å². The van der Waals surface area contributed by atoms with Crippen LogP contribution in [0.5, 0.6) is 0 Å². The lowest BCUT2D eigenvalue weighted by Gasteiger charge is -2.28. The van der Waals surface area contributed by atoms with Gasteiger partial charge in [0.1, 0.15) is 5.41 Å². The van der Waals surface area contributed by atoms with Gasteiger partial charge < -0.3 is 4.90 Å². The van der Waals surface area contributed by atoms with E-state index in [9.17, 15) is 10.1 Å². The summed E-state index contributed by atoms with van der Waals surface area (Å²) in [6.45, 7) is 4.26. The SMILES string of the molecule is CCC(C#N)(CC)C(=O)N(C)Cc1ccncc1. The summed E-state index contributed by atoms with van der Waals surface area (Å²) in [5.74, 6) is -0.105. The number of nitrogens with zero attached hydrogens (tertiary/aromatic N) is 3. The van der Waals surface area contributed by atoms with E-state index in [4.69, 9.17) is 0 Å². The van der Waals surface area contributed by atoms with Crippen molar-refractivity contribution < 1.29 is 4.79 Å². The minimum Gasteiger partial charge on any atom is -0.340 e. The van der Waals surface area contributed by atoms with Gasteiger partial charge in [0.15, 0.2) is 0 Å². The molecule has 0 aliphatic heterocycles. The highest BCUT2D eigenvalue weighted by atomic mass is 16.2. The van der Waals surface area contributed by atoms with Crippen LogP contribution in [0.15, 0.2) is 24.5 Å². The highest BCUT2D eigenvalue weighted by Crippen LogP contribution is 2.28. The molecule has 4 nitrogen and oxygen atoms in total. The third-order valence-electron chi connectivity index (χ3n) is 3.35. The van der Waals surface area contributed by atoms with Gasteiger partial charge in [-0.15, -0.1) is 0 Å². The van der Waals surface area contributed by atoms with E-state index in [-0.39, 0.29) is 5.91 Å². The number of amides is 1. The topological polar surface area (TPSA) is 57.0 Å². The summed E-state index contributed by atoms with van der Waals surface area (Å²) in [5, 5.41) is 9.25. The monoisotopic (exact) mass is 245 g/mol. The lowest BCUT2D eigenvalue weighted by Crippen LogP contribution is -2.40. The van der Waals surface area contributed by atoms with Gasteiger partial charge in [0.2, 0.25) is 5.91 Å². The first kappa shape index (κ1) is 14.2. The number of nitriles is 1. The van der Waals surface area contributed by atoms with Crippen LogP contribution in [0.2, 0.25) is 0 Å². The van der Waals surface area contributed by atoms with Gasteiger partial charge in [0.25, 0.3) is 0 Å². The molecule has 0 aromatic carbocycles. The van der Waals surface area contributed by atoms with Gasteiger partial charge in [-0.05, 0) is 30.5 Å². The summed E-state index contributed by atoms with van der Waals surface area (Å²) >= 11 is 0. The smallest absolute Gasteiger partial charge is 0.243 e. The van der Waals surface area contributed by atoms with Crippen LogP contribution in [0.1, 0.15) is 32.3 Å². The second kappa shape index (κ2) is 6.15. The third-order valence-corrected chi connectivity index (χ3v) is 3.35. The molecule has 0 atom stereocenters. The molecular weight excluding hydrogens is 226 g/mol. The van der Waals surface area contributed by atoms with Gasteiger partial charge in [-0.3, -0.25) is 9.78 Å². The lowest BCUT2D eigenvalue weighted by molar-refractivity contribution is -0.138. The Hall–Kier alpha value is -1.89. The summed E-state index contributed by atoms with van der Waals surface area (Å²) in [4.78, 5) is 17.9. The molecule has 0 spiro atoms. The molecule has 4 heteroatoms. The van der Waals surface area contributed by atoms with E-state index in [0.29, 0.717) is 19.4 Å². The lowest BCUT2D eigenvalue weighted by atomic mass is 9.82. The minimum atomic E-state index is -0.887. The summed E-state index contributed by atoms with van der Waals surface area (Å²) in [7, 11) is 1.74. The number of carbonyl (C=O) groups is 1. The maximum atomic E-state index is 12.4. The molecule has 0 aliphatic rings. The van der Waals surface area contributed by atoms with Crippen LogP contribution in [0, 0.1) is 16.7 Å². The molecule has 0 radical (unpaired) electrons. The van der Waals surface area contributed by atoms with E-state index in [1.54, 1.807) is 24.3 Å². The standard InChI is InChI=1S/C14H19N3O/c1-4-14(5-2,11-15)13(18)17(3)10-12-6-8-16-9-7-12/h6-9H,4-5,10H2,1-3H3. The molecular formula is C14H19N3O. The van der Waals surface area contributed by atoms with Crippen LogP contribution >= 0.6 is 0 Å². The predicted molar refractivity (Wildman–Crippen MR) is 69.3 cm³/mol.